The van der Waals surface area contributed by atoms with E-state index in [4.69, 9.17) is 0 Å². The van der Waals surface area contributed by atoms with Gasteiger partial charge in [-0.3, -0.25) is 4.79 Å². The van der Waals surface area contributed by atoms with E-state index in [-0.39, 0.29) is 17.2 Å². The van der Waals surface area contributed by atoms with Crippen LogP contribution in [0, 0.1) is 0 Å². The number of aryl methyl sites for hydroxylation is 1. The van der Waals surface area contributed by atoms with Crippen molar-refractivity contribution in [2.75, 3.05) is 5.75 Å². The van der Waals surface area contributed by atoms with Crippen LogP contribution in [0.5, 0.6) is 0 Å². The van der Waals surface area contributed by atoms with Gasteiger partial charge in [-0.15, -0.1) is 23.1 Å². The van der Waals surface area contributed by atoms with Gasteiger partial charge >= 0.3 is 0 Å². The van der Waals surface area contributed by atoms with Crippen LogP contribution in [-0.4, -0.2) is 27.3 Å². The number of thioether (sulfide) groups is 1. The highest BCUT2D eigenvalue weighted by Gasteiger charge is 2.34. The van der Waals surface area contributed by atoms with Crippen molar-refractivity contribution < 1.29 is 4.79 Å². The number of imidazole rings is 1. The Morgan fingerprint density at radius 1 is 1.41 bits per heavy atom. The van der Waals surface area contributed by atoms with Gasteiger partial charge in [0, 0.05) is 23.3 Å². The van der Waals surface area contributed by atoms with E-state index in [9.17, 15) is 4.79 Å². The summed E-state index contributed by atoms with van der Waals surface area (Å²) in [6.45, 7) is 0. The number of carbonyl (C=O) groups excluding carboxylic acids is 1. The summed E-state index contributed by atoms with van der Waals surface area (Å²) in [7, 11) is 0. The van der Waals surface area contributed by atoms with Crippen molar-refractivity contribution in [1.29, 1.82) is 0 Å². The van der Waals surface area contributed by atoms with Gasteiger partial charge in [-0.1, -0.05) is 0 Å². The molecule has 6 heteroatoms. The van der Waals surface area contributed by atoms with Crippen LogP contribution >= 0.6 is 23.1 Å². The number of carbonyl (C=O) groups is 1. The van der Waals surface area contributed by atoms with Crippen molar-refractivity contribution in [2.45, 2.75) is 43.0 Å². The summed E-state index contributed by atoms with van der Waals surface area (Å²) in [5.41, 5.74) is 1.23. The molecule has 1 aliphatic carbocycles. The third-order valence-electron chi connectivity index (χ3n) is 4.63. The van der Waals surface area contributed by atoms with Crippen molar-refractivity contribution in [3.8, 4) is 0 Å². The highest BCUT2D eigenvalue weighted by molar-refractivity contribution is 8.00. The van der Waals surface area contributed by atoms with E-state index in [1.807, 2.05) is 18.7 Å². The maximum absolute atomic E-state index is 12.8. The molecule has 0 bridgehead atoms. The third-order valence-corrected chi connectivity index (χ3v) is 6.87. The molecule has 22 heavy (non-hydrogen) atoms. The van der Waals surface area contributed by atoms with Crippen molar-refractivity contribution in [1.82, 2.24) is 14.9 Å². The zero-order valence-corrected chi connectivity index (χ0v) is 13.9. The Balaban J connectivity index is 1.49. The molecule has 1 amide bonds. The van der Waals surface area contributed by atoms with Crippen LogP contribution in [0.25, 0.3) is 0 Å². The van der Waals surface area contributed by atoms with E-state index in [0.29, 0.717) is 6.04 Å². The second-order valence-corrected chi connectivity index (χ2v) is 8.14. The second-order valence-electron chi connectivity index (χ2n) is 5.92. The summed E-state index contributed by atoms with van der Waals surface area (Å²) >= 11 is 3.56. The monoisotopic (exact) mass is 333 g/mol. The van der Waals surface area contributed by atoms with Crippen LogP contribution in [-0.2, 0) is 11.2 Å². The molecule has 2 aliphatic rings. The molecule has 4 nitrogen and oxygen atoms in total. The summed E-state index contributed by atoms with van der Waals surface area (Å²) < 4.78 is 2.14. The van der Waals surface area contributed by atoms with E-state index >= 15 is 0 Å². The standard InChI is InChI=1S/C16H19N3OS2/c20-16(15-11-4-8-21-14(11)5-9-22-15)18-12-2-1-3-13(12)19-7-6-17-10-19/h4,6-8,10,12-13,15H,1-3,5,9H2,(H,18,20)/t12-,13+,15-/m1/s1. The average molecular weight is 333 g/mol. The highest BCUT2D eigenvalue weighted by atomic mass is 32.2. The quantitative estimate of drug-likeness (QED) is 0.938. The minimum atomic E-state index is -0.0287. The van der Waals surface area contributed by atoms with Crippen LogP contribution in [0.4, 0.5) is 0 Å². The summed E-state index contributed by atoms with van der Waals surface area (Å²) in [5.74, 6) is 1.22. The van der Waals surface area contributed by atoms with Gasteiger partial charge in [0.2, 0.25) is 5.91 Å². The third kappa shape index (κ3) is 2.58. The molecule has 0 spiro atoms. The van der Waals surface area contributed by atoms with E-state index in [0.717, 1.165) is 31.4 Å². The minimum Gasteiger partial charge on any atom is -0.350 e. The number of nitrogens with zero attached hydrogens (tertiary/aromatic N) is 2. The number of thiophene rings is 1. The summed E-state index contributed by atoms with van der Waals surface area (Å²) in [5, 5.41) is 5.40. The lowest BCUT2D eigenvalue weighted by molar-refractivity contribution is -0.121. The van der Waals surface area contributed by atoms with Gasteiger partial charge in [-0.2, -0.15) is 0 Å². The van der Waals surface area contributed by atoms with Gasteiger partial charge in [-0.25, -0.2) is 4.98 Å². The first-order valence-corrected chi connectivity index (χ1v) is 9.71. The van der Waals surface area contributed by atoms with Gasteiger partial charge in [-0.05, 0) is 48.4 Å². The lowest BCUT2D eigenvalue weighted by Gasteiger charge is -2.26. The number of amides is 1. The highest BCUT2D eigenvalue weighted by Crippen LogP contribution is 2.40. The molecule has 116 valence electrons. The van der Waals surface area contributed by atoms with Crippen LogP contribution < -0.4 is 5.32 Å². The van der Waals surface area contributed by atoms with Crippen LogP contribution in [0.3, 0.4) is 0 Å². The Kier molecular flexibility index (Phi) is 3.96. The molecule has 2 aromatic rings. The van der Waals surface area contributed by atoms with Crippen LogP contribution in [0.2, 0.25) is 0 Å². The first-order chi connectivity index (χ1) is 10.8. The molecule has 0 saturated heterocycles. The van der Waals surface area contributed by atoms with Crippen LogP contribution in [0.15, 0.2) is 30.2 Å². The molecule has 3 atom stereocenters. The molecule has 0 unspecified atom stereocenters. The molecule has 1 N–H and O–H groups in total. The fraction of sp³-hybridized carbons (Fsp3) is 0.500. The molecule has 2 aromatic heterocycles. The fourth-order valence-electron chi connectivity index (χ4n) is 3.55. The second kappa shape index (κ2) is 6.08. The Bertz CT molecular complexity index is 652. The van der Waals surface area contributed by atoms with E-state index < -0.39 is 0 Å². The molecule has 1 aliphatic heterocycles. The van der Waals surface area contributed by atoms with Crippen molar-refractivity contribution in [2.24, 2.45) is 0 Å². The fourth-order valence-corrected chi connectivity index (χ4v) is 5.86. The molecule has 4 rings (SSSR count). The zero-order valence-electron chi connectivity index (χ0n) is 12.3. The molecule has 3 heterocycles. The number of nitrogens with one attached hydrogen (secondary N) is 1. The normalized spacial score (nSPS) is 27.5. The number of rotatable bonds is 3. The Morgan fingerprint density at radius 2 is 2.36 bits per heavy atom. The first-order valence-electron chi connectivity index (χ1n) is 7.78. The number of aromatic nitrogens is 2. The minimum absolute atomic E-state index is 0.0287. The van der Waals surface area contributed by atoms with Gasteiger partial charge in [0.1, 0.15) is 5.25 Å². The van der Waals surface area contributed by atoms with Gasteiger partial charge in [0.15, 0.2) is 0 Å². The molecule has 0 radical (unpaired) electrons. The predicted octanol–water partition coefficient (Wildman–Crippen LogP) is 3.19. The number of hydrogen-bond acceptors (Lipinski definition) is 4. The maximum Gasteiger partial charge on any atom is 0.237 e. The lowest BCUT2D eigenvalue weighted by Crippen LogP contribution is -2.40. The summed E-state index contributed by atoms with van der Waals surface area (Å²) in [6, 6.07) is 2.70. The topological polar surface area (TPSA) is 46.9 Å². The first kappa shape index (κ1) is 14.3. The largest absolute Gasteiger partial charge is 0.350 e. The number of hydrogen-bond donors (Lipinski definition) is 1. The predicted molar refractivity (Wildman–Crippen MR) is 90.3 cm³/mol. The van der Waals surface area contributed by atoms with Crippen molar-refractivity contribution >= 4 is 29.0 Å². The molecular formula is C16H19N3OS2. The molecule has 1 fully saturated rings. The van der Waals surface area contributed by atoms with Crippen molar-refractivity contribution in [3.05, 3.63) is 40.6 Å². The Labute approximate surface area is 138 Å². The van der Waals surface area contributed by atoms with E-state index in [1.54, 1.807) is 23.1 Å². The van der Waals surface area contributed by atoms with Crippen LogP contribution in [0.1, 0.15) is 41.0 Å². The lowest BCUT2D eigenvalue weighted by atomic mass is 10.1. The van der Waals surface area contributed by atoms with Gasteiger partial charge < -0.3 is 9.88 Å². The maximum atomic E-state index is 12.8. The van der Waals surface area contributed by atoms with Crippen molar-refractivity contribution in [3.63, 3.8) is 0 Å². The van der Waals surface area contributed by atoms with E-state index in [1.165, 1.54) is 10.4 Å². The zero-order chi connectivity index (χ0) is 14.9. The Hall–Kier alpha value is -1.27. The molecular weight excluding hydrogens is 314 g/mol. The average Bonchev–Trinajstić information content (AvgIpc) is 3.27. The van der Waals surface area contributed by atoms with Gasteiger partial charge in [0.05, 0.1) is 12.4 Å². The summed E-state index contributed by atoms with van der Waals surface area (Å²) in [6.07, 6.45) is 10.1. The SMILES string of the molecule is O=C(N[C@@H]1CCC[C@@H]1n1ccnc1)[C@@H]1SCCc2sccc21. The smallest absolute Gasteiger partial charge is 0.237 e. The Morgan fingerprint density at radius 3 is 3.23 bits per heavy atom. The molecule has 0 aromatic carbocycles. The number of fused-ring (bicyclic) bond motifs is 1. The summed E-state index contributed by atoms with van der Waals surface area (Å²) in [4.78, 5) is 18.3. The molecule has 1 saturated carbocycles. The van der Waals surface area contributed by atoms with E-state index in [2.05, 4.69) is 26.3 Å². The van der Waals surface area contributed by atoms with Gasteiger partial charge in [0.25, 0.3) is 0 Å².